The molecule has 0 radical (unpaired) electrons. The molecular formula is C16H25N3O. The second-order valence-corrected chi connectivity index (χ2v) is 5.90. The highest BCUT2D eigenvalue weighted by molar-refractivity contribution is 5.77. The molecule has 20 heavy (non-hydrogen) atoms. The standard InChI is InChI=1S/C16H25N3O/c1-12-4-3-9-19(15(12)11-17)16(20)10-13(2)14-5-7-18-8-6-14/h5-8,12-13,15H,3-4,9-11,17H2,1-2H3/t12-,13-,15+/m1/s1. The molecule has 1 fully saturated rings. The highest BCUT2D eigenvalue weighted by Gasteiger charge is 2.31. The summed E-state index contributed by atoms with van der Waals surface area (Å²) in [4.78, 5) is 18.6. The van der Waals surface area contributed by atoms with Gasteiger partial charge in [-0.05, 0) is 42.4 Å². The molecule has 2 rings (SSSR count). The van der Waals surface area contributed by atoms with Gasteiger partial charge in [0.15, 0.2) is 0 Å². The number of carbonyl (C=O) groups excluding carboxylic acids is 1. The number of piperidine rings is 1. The maximum atomic E-state index is 12.6. The van der Waals surface area contributed by atoms with Crippen LogP contribution in [0.5, 0.6) is 0 Å². The monoisotopic (exact) mass is 275 g/mol. The van der Waals surface area contributed by atoms with Crippen LogP contribution in [-0.2, 0) is 4.79 Å². The van der Waals surface area contributed by atoms with Gasteiger partial charge in [-0.15, -0.1) is 0 Å². The zero-order valence-electron chi connectivity index (χ0n) is 12.5. The fourth-order valence-electron chi connectivity index (χ4n) is 3.11. The molecule has 0 unspecified atom stereocenters. The van der Waals surface area contributed by atoms with Gasteiger partial charge in [-0.2, -0.15) is 0 Å². The fraction of sp³-hybridized carbons (Fsp3) is 0.625. The lowest BCUT2D eigenvalue weighted by atomic mass is 9.89. The first-order valence-corrected chi connectivity index (χ1v) is 7.53. The fourth-order valence-corrected chi connectivity index (χ4v) is 3.11. The first-order chi connectivity index (χ1) is 9.63. The Labute approximate surface area is 121 Å². The molecule has 1 aromatic rings. The molecule has 0 aliphatic carbocycles. The van der Waals surface area contributed by atoms with Gasteiger partial charge >= 0.3 is 0 Å². The van der Waals surface area contributed by atoms with Crippen LogP contribution in [0.3, 0.4) is 0 Å². The minimum atomic E-state index is 0.209. The Morgan fingerprint density at radius 2 is 2.20 bits per heavy atom. The van der Waals surface area contributed by atoms with E-state index in [0.29, 0.717) is 18.9 Å². The first-order valence-electron chi connectivity index (χ1n) is 7.53. The molecule has 2 N–H and O–H groups in total. The minimum absolute atomic E-state index is 0.209. The van der Waals surface area contributed by atoms with Crippen molar-refractivity contribution in [2.45, 2.75) is 45.1 Å². The van der Waals surface area contributed by atoms with Gasteiger partial charge in [-0.25, -0.2) is 0 Å². The van der Waals surface area contributed by atoms with Crippen LogP contribution < -0.4 is 5.73 Å². The predicted molar refractivity (Wildman–Crippen MR) is 80.2 cm³/mol. The van der Waals surface area contributed by atoms with E-state index in [1.54, 1.807) is 12.4 Å². The van der Waals surface area contributed by atoms with E-state index in [2.05, 4.69) is 18.8 Å². The number of pyridine rings is 1. The van der Waals surface area contributed by atoms with Crippen LogP contribution in [0.1, 0.15) is 44.6 Å². The second kappa shape index (κ2) is 6.84. The van der Waals surface area contributed by atoms with E-state index in [9.17, 15) is 4.79 Å². The number of hydrogen-bond donors (Lipinski definition) is 1. The van der Waals surface area contributed by atoms with E-state index in [0.717, 1.165) is 13.0 Å². The number of rotatable bonds is 4. The lowest BCUT2D eigenvalue weighted by molar-refractivity contribution is -0.136. The van der Waals surface area contributed by atoms with Gasteiger partial charge in [-0.3, -0.25) is 9.78 Å². The van der Waals surface area contributed by atoms with Gasteiger partial charge < -0.3 is 10.6 Å². The van der Waals surface area contributed by atoms with Crippen molar-refractivity contribution in [2.24, 2.45) is 11.7 Å². The zero-order valence-corrected chi connectivity index (χ0v) is 12.5. The van der Waals surface area contributed by atoms with Gasteiger partial charge in [0.1, 0.15) is 0 Å². The molecule has 110 valence electrons. The highest BCUT2D eigenvalue weighted by atomic mass is 16.2. The molecule has 2 heterocycles. The van der Waals surface area contributed by atoms with Gasteiger partial charge in [0.25, 0.3) is 0 Å². The van der Waals surface area contributed by atoms with Gasteiger partial charge in [0.05, 0.1) is 0 Å². The van der Waals surface area contributed by atoms with Crippen molar-refractivity contribution in [2.75, 3.05) is 13.1 Å². The first kappa shape index (κ1) is 15.0. The third-order valence-electron chi connectivity index (χ3n) is 4.43. The number of likely N-dealkylation sites (tertiary alicyclic amines) is 1. The molecule has 1 aromatic heterocycles. The van der Waals surface area contributed by atoms with E-state index in [4.69, 9.17) is 5.73 Å². The number of carbonyl (C=O) groups is 1. The van der Waals surface area contributed by atoms with Crippen molar-refractivity contribution in [3.05, 3.63) is 30.1 Å². The lowest BCUT2D eigenvalue weighted by Crippen LogP contribution is -2.51. The maximum Gasteiger partial charge on any atom is 0.223 e. The van der Waals surface area contributed by atoms with Crippen LogP contribution in [0, 0.1) is 5.92 Å². The molecule has 1 aliphatic heterocycles. The van der Waals surface area contributed by atoms with Crippen molar-refractivity contribution < 1.29 is 4.79 Å². The summed E-state index contributed by atoms with van der Waals surface area (Å²) in [6.07, 6.45) is 6.37. The van der Waals surface area contributed by atoms with Crippen molar-refractivity contribution in [3.63, 3.8) is 0 Å². The number of nitrogens with two attached hydrogens (primary N) is 1. The van der Waals surface area contributed by atoms with Crippen molar-refractivity contribution in [1.82, 2.24) is 9.88 Å². The largest absolute Gasteiger partial charge is 0.338 e. The predicted octanol–water partition coefficient (Wildman–Crippen LogP) is 2.16. The van der Waals surface area contributed by atoms with E-state index in [1.165, 1.54) is 12.0 Å². The molecule has 1 amide bonds. The summed E-state index contributed by atoms with van der Waals surface area (Å²) in [5.74, 6) is 0.964. The average Bonchev–Trinajstić information content (AvgIpc) is 2.47. The SMILES string of the molecule is C[C@H](CC(=O)N1CCC[C@@H](C)[C@@H]1CN)c1ccncc1. The molecule has 1 aliphatic rings. The van der Waals surface area contributed by atoms with Crippen molar-refractivity contribution in [1.29, 1.82) is 0 Å². The van der Waals surface area contributed by atoms with Gasteiger partial charge in [0.2, 0.25) is 5.91 Å². The zero-order chi connectivity index (χ0) is 14.5. The van der Waals surface area contributed by atoms with E-state index >= 15 is 0 Å². The number of amides is 1. The Morgan fingerprint density at radius 3 is 2.85 bits per heavy atom. The van der Waals surface area contributed by atoms with Crippen molar-refractivity contribution in [3.8, 4) is 0 Å². The molecule has 1 saturated heterocycles. The van der Waals surface area contributed by atoms with Crippen LogP contribution in [0.25, 0.3) is 0 Å². The molecule has 4 nitrogen and oxygen atoms in total. The quantitative estimate of drug-likeness (QED) is 0.916. The van der Waals surface area contributed by atoms with Crippen LogP contribution in [0.15, 0.2) is 24.5 Å². The Bertz CT molecular complexity index is 435. The minimum Gasteiger partial charge on any atom is -0.338 e. The van der Waals surface area contributed by atoms with E-state index < -0.39 is 0 Å². The summed E-state index contributed by atoms with van der Waals surface area (Å²) in [7, 11) is 0. The Kier molecular flexibility index (Phi) is 5.12. The summed E-state index contributed by atoms with van der Waals surface area (Å²) < 4.78 is 0. The Balaban J connectivity index is 2.00. The second-order valence-electron chi connectivity index (χ2n) is 5.90. The van der Waals surface area contributed by atoms with Crippen molar-refractivity contribution >= 4 is 5.91 Å². The summed E-state index contributed by atoms with van der Waals surface area (Å²) in [6, 6.07) is 4.18. The van der Waals surface area contributed by atoms with Gasteiger partial charge in [-0.1, -0.05) is 13.8 Å². The van der Waals surface area contributed by atoms with Crippen LogP contribution in [0.2, 0.25) is 0 Å². The summed E-state index contributed by atoms with van der Waals surface area (Å²) >= 11 is 0. The molecule has 0 saturated carbocycles. The summed E-state index contributed by atoms with van der Waals surface area (Å²) in [5, 5.41) is 0. The van der Waals surface area contributed by atoms with Crippen LogP contribution >= 0.6 is 0 Å². The third kappa shape index (κ3) is 3.37. The highest BCUT2D eigenvalue weighted by Crippen LogP contribution is 2.26. The summed E-state index contributed by atoms with van der Waals surface area (Å²) in [5.41, 5.74) is 7.03. The molecule has 3 atom stereocenters. The smallest absolute Gasteiger partial charge is 0.223 e. The van der Waals surface area contributed by atoms with Crippen LogP contribution in [-0.4, -0.2) is 34.9 Å². The molecule has 0 spiro atoms. The number of aromatic nitrogens is 1. The van der Waals surface area contributed by atoms with Crippen LogP contribution in [0.4, 0.5) is 0 Å². The summed E-state index contributed by atoms with van der Waals surface area (Å²) in [6.45, 7) is 5.71. The third-order valence-corrected chi connectivity index (χ3v) is 4.43. The Morgan fingerprint density at radius 1 is 1.50 bits per heavy atom. The molecular weight excluding hydrogens is 250 g/mol. The van der Waals surface area contributed by atoms with E-state index in [-0.39, 0.29) is 17.9 Å². The lowest BCUT2D eigenvalue weighted by Gasteiger charge is -2.40. The van der Waals surface area contributed by atoms with E-state index in [1.807, 2.05) is 17.0 Å². The molecule has 4 heteroatoms. The van der Waals surface area contributed by atoms with Gasteiger partial charge in [0, 0.05) is 37.9 Å². The topological polar surface area (TPSA) is 59.2 Å². The molecule has 0 bridgehead atoms. The number of nitrogens with zero attached hydrogens (tertiary/aromatic N) is 2. The normalized spacial score (nSPS) is 24.4. The molecule has 0 aromatic carbocycles. The number of hydrogen-bond acceptors (Lipinski definition) is 3. The Hall–Kier alpha value is -1.42. The average molecular weight is 275 g/mol. The maximum absolute atomic E-state index is 12.6.